The maximum absolute atomic E-state index is 12.4. The number of aromatic hydroxyl groups is 1. The van der Waals surface area contributed by atoms with E-state index in [4.69, 9.17) is 5.73 Å². The maximum Gasteiger partial charge on any atom is 0.273 e. The van der Waals surface area contributed by atoms with Crippen molar-refractivity contribution in [3.63, 3.8) is 0 Å². The molecule has 0 aliphatic carbocycles. The van der Waals surface area contributed by atoms with Crippen molar-refractivity contribution in [2.24, 2.45) is 10.2 Å². The van der Waals surface area contributed by atoms with Gasteiger partial charge in [-0.2, -0.15) is 10.4 Å². The molecule has 26 heavy (non-hydrogen) atoms. The molecule has 1 aromatic heterocycles. The van der Waals surface area contributed by atoms with Crippen LogP contribution in [0.25, 0.3) is 0 Å². The molecular formula is C19H23N5O2. The van der Waals surface area contributed by atoms with Crippen LogP contribution in [-0.2, 0) is 6.54 Å². The van der Waals surface area contributed by atoms with Crippen LogP contribution in [0.4, 0.5) is 17.2 Å². The van der Waals surface area contributed by atoms with E-state index in [9.17, 15) is 15.2 Å². The van der Waals surface area contributed by atoms with E-state index in [1.807, 2.05) is 19.1 Å². The quantitative estimate of drug-likeness (QED) is 0.569. The summed E-state index contributed by atoms with van der Waals surface area (Å²) in [4.78, 5) is 12.4. The van der Waals surface area contributed by atoms with Crippen LogP contribution in [0.5, 0.6) is 5.75 Å². The number of aryl methyl sites for hydroxylation is 1. The number of nitrogen functional groups attached to an aromatic ring is 1. The van der Waals surface area contributed by atoms with E-state index in [1.165, 1.54) is 4.57 Å². The molecule has 1 heterocycles. The highest BCUT2D eigenvalue weighted by Gasteiger charge is 2.20. The summed E-state index contributed by atoms with van der Waals surface area (Å²) >= 11 is 0. The van der Waals surface area contributed by atoms with Crippen molar-refractivity contribution in [2.45, 2.75) is 46.1 Å². The lowest BCUT2D eigenvalue weighted by atomic mass is 10.2. The molecule has 0 bridgehead atoms. The van der Waals surface area contributed by atoms with E-state index in [2.05, 4.69) is 17.2 Å². The highest BCUT2D eigenvalue weighted by Crippen LogP contribution is 2.35. The lowest BCUT2D eigenvalue weighted by molar-refractivity contribution is 0.469. The third kappa shape index (κ3) is 4.28. The van der Waals surface area contributed by atoms with E-state index in [0.717, 1.165) is 31.2 Å². The Balaban J connectivity index is 2.42. The first-order valence-electron chi connectivity index (χ1n) is 8.63. The Bertz CT molecular complexity index is 892. The minimum absolute atomic E-state index is 0.0128. The van der Waals surface area contributed by atoms with Gasteiger partial charge in [0.15, 0.2) is 17.0 Å². The van der Waals surface area contributed by atoms with E-state index in [1.54, 1.807) is 18.2 Å². The van der Waals surface area contributed by atoms with Gasteiger partial charge in [-0.1, -0.05) is 43.9 Å². The van der Waals surface area contributed by atoms with Crippen LogP contribution in [0, 0.1) is 18.3 Å². The zero-order valence-electron chi connectivity index (χ0n) is 15.1. The largest absolute Gasteiger partial charge is 0.504 e. The van der Waals surface area contributed by atoms with Gasteiger partial charge in [-0.15, -0.1) is 5.11 Å². The molecule has 0 radical (unpaired) electrons. The van der Waals surface area contributed by atoms with Crippen LogP contribution in [0.2, 0.25) is 0 Å². The zero-order chi connectivity index (χ0) is 19.1. The Morgan fingerprint density at radius 2 is 1.88 bits per heavy atom. The number of benzene rings is 1. The van der Waals surface area contributed by atoms with E-state index < -0.39 is 11.3 Å². The first-order valence-corrected chi connectivity index (χ1v) is 8.63. The number of pyridine rings is 1. The van der Waals surface area contributed by atoms with E-state index >= 15 is 0 Å². The van der Waals surface area contributed by atoms with Gasteiger partial charge in [0.05, 0.1) is 5.69 Å². The molecule has 0 unspecified atom stereocenters. The lowest BCUT2D eigenvalue weighted by Crippen LogP contribution is -2.25. The van der Waals surface area contributed by atoms with Crippen LogP contribution in [-0.4, -0.2) is 9.67 Å². The van der Waals surface area contributed by atoms with Gasteiger partial charge >= 0.3 is 0 Å². The van der Waals surface area contributed by atoms with Crippen LogP contribution in [0.15, 0.2) is 39.3 Å². The van der Waals surface area contributed by atoms with Crippen molar-refractivity contribution in [3.05, 3.63) is 45.7 Å². The summed E-state index contributed by atoms with van der Waals surface area (Å²) < 4.78 is 1.29. The Kier molecular flexibility index (Phi) is 6.50. The molecule has 1 aromatic carbocycles. The molecule has 2 aromatic rings. The Morgan fingerprint density at radius 3 is 2.50 bits per heavy atom. The van der Waals surface area contributed by atoms with Crippen LogP contribution < -0.4 is 11.3 Å². The number of nitriles is 1. The van der Waals surface area contributed by atoms with Gasteiger partial charge in [0, 0.05) is 6.54 Å². The minimum atomic E-state index is -0.603. The number of aromatic nitrogens is 1. The molecule has 7 nitrogen and oxygen atoms in total. The fourth-order valence-electron chi connectivity index (χ4n) is 2.55. The van der Waals surface area contributed by atoms with Gasteiger partial charge in [-0.05, 0) is 25.5 Å². The summed E-state index contributed by atoms with van der Waals surface area (Å²) in [7, 11) is 0. The molecule has 0 fully saturated rings. The minimum Gasteiger partial charge on any atom is -0.504 e. The first-order chi connectivity index (χ1) is 12.5. The number of hydrogen-bond acceptors (Lipinski definition) is 6. The molecule has 0 amide bonds. The molecule has 0 aliphatic rings. The number of anilines is 1. The van der Waals surface area contributed by atoms with Crippen LogP contribution >= 0.6 is 0 Å². The second kappa shape index (κ2) is 8.81. The topological polar surface area (TPSA) is 117 Å². The smallest absolute Gasteiger partial charge is 0.273 e. The monoisotopic (exact) mass is 353 g/mol. The van der Waals surface area contributed by atoms with Crippen LogP contribution in [0.3, 0.4) is 0 Å². The molecule has 136 valence electrons. The van der Waals surface area contributed by atoms with Gasteiger partial charge in [0.1, 0.15) is 11.9 Å². The SMILES string of the molecule is CCCCCCn1c(N)c(N=Nc2ccc(C)cc2)c(O)c(C#N)c1=O. The number of nitrogens with two attached hydrogens (primary N) is 1. The second-order valence-corrected chi connectivity index (χ2v) is 6.12. The standard InChI is InChI=1S/C19H23N5O2/c1-3-4-5-6-11-24-18(21)16(17(25)15(12-20)19(24)26)23-22-14-9-7-13(2)8-10-14/h7-10,25H,3-6,11,21H2,1-2H3. The Morgan fingerprint density at radius 1 is 1.19 bits per heavy atom. The van der Waals surface area contributed by atoms with Gasteiger partial charge in [-0.3, -0.25) is 9.36 Å². The maximum atomic E-state index is 12.4. The number of azo groups is 1. The van der Waals surface area contributed by atoms with Gasteiger partial charge in [0.2, 0.25) is 0 Å². The lowest BCUT2D eigenvalue weighted by Gasteiger charge is -2.13. The zero-order valence-corrected chi connectivity index (χ0v) is 15.1. The highest BCUT2D eigenvalue weighted by molar-refractivity contribution is 5.70. The Hall–Kier alpha value is -3.14. The predicted octanol–water partition coefficient (Wildman–Crippen LogP) is 4.31. The fraction of sp³-hybridized carbons (Fsp3) is 0.368. The third-order valence-corrected chi connectivity index (χ3v) is 4.10. The van der Waals surface area contributed by atoms with Gasteiger partial charge in [0.25, 0.3) is 5.56 Å². The molecule has 0 saturated heterocycles. The summed E-state index contributed by atoms with van der Waals surface area (Å²) in [5.74, 6) is -0.519. The van der Waals surface area contributed by atoms with Gasteiger partial charge < -0.3 is 10.8 Å². The average molecular weight is 353 g/mol. The van der Waals surface area contributed by atoms with Crippen molar-refractivity contribution in [3.8, 4) is 11.8 Å². The molecule has 0 atom stereocenters. The highest BCUT2D eigenvalue weighted by atomic mass is 16.3. The fourth-order valence-corrected chi connectivity index (χ4v) is 2.55. The number of rotatable bonds is 7. The normalized spacial score (nSPS) is 11.0. The van der Waals surface area contributed by atoms with Crippen molar-refractivity contribution in [1.82, 2.24) is 4.57 Å². The first kappa shape index (κ1) is 19.2. The molecule has 2 rings (SSSR count). The van der Waals surface area contributed by atoms with Crippen molar-refractivity contribution < 1.29 is 5.11 Å². The molecule has 0 aliphatic heterocycles. The molecule has 7 heteroatoms. The summed E-state index contributed by atoms with van der Waals surface area (Å²) in [5, 5.41) is 27.5. The number of nitrogens with zero attached hydrogens (tertiary/aromatic N) is 4. The third-order valence-electron chi connectivity index (χ3n) is 4.10. The summed E-state index contributed by atoms with van der Waals surface area (Å²) in [6.07, 6.45) is 3.82. The Labute approximate surface area is 152 Å². The molecule has 0 spiro atoms. The average Bonchev–Trinajstić information content (AvgIpc) is 2.63. The number of unbranched alkanes of at least 4 members (excludes halogenated alkanes) is 3. The molecule has 0 saturated carbocycles. The summed E-state index contributed by atoms with van der Waals surface area (Å²) in [5.41, 5.74) is 6.68. The molecule has 3 N–H and O–H groups in total. The van der Waals surface area contributed by atoms with Crippen molar-refractivity contribution in [1.29, 1.82) is 5.26 Å². The summed E-state index contributed by atoms with van der Waals surface area (Å²) in [6.45, 7) is 4.42. The van der Waals surface area contributed by atoms with Gasteiger partial charge in [-0.25, -0.2) is 0 Å². The van der Waals surface area contributed by atoms with Crippen molar-refractivity contribution >= 4 is 17.2 Å². The predicted molar refractivity (Wildman–Crippen MR) is 101 cm³/mol. The van der Waals surface area contributed by atoms with E-state index in [-0.39, 0.29) is 17.1 Å². The summed E-state index contributed by atoms with van der Waals surface area (Å²) in [6, 6.07) is 9.05. The van der Waals surface area contributed by atoms with E-state index in [0.29, 0.717) is 12.2 Å². The van der Waals surface area contributed by atoms with Crippen LogP contribution in [0.1, 0.15) is 43.7 Å². The molecular weight excluding hydrogens is 330 g/mol. The number of hydrogen-bond donors (Lipinski definition) is 2. The second-order valence-electron chi connectivity index (χ2n) is 6.12. The van der Waals surface area contributed by atoms with Crippen molar-refractivity contribution in [2.75, 3.05) is 5.73 Å².